The van der Waals surface area contributed by atoms with E-state index in [1.165, 1.54) is 30.7 Å². The van der Waals surface area contributed by atoms with Crippen LogP contribution in [0.25, 0.3) is 0 Å². The molecule has 0 spiro atoms. The lowest BCUT2D eigenvalue weighted by Crippen LogP contribution is -3.00. The highest BCUT2D eigenvalue weighted by Gasteiger charge is 2.16. The van der Waals surface area contributed by atoms with Crippen LogP contribution in [0.1, 0.15) is 27.7 Å². The van der Waals surface area contributed by atoms with E-state index in [0.717, 1.165) is 0 Å². The summed E-state index contributed by atoms with van der Waals surface area (Å²) in [6.45, 7) is 14.2. The first-order valence-electron chi connectivity index (χ1n) is 4.85. The van der Waals surface area contributed by atoms with Crippen LogP contribution in [0.4, 0.5) is 0 Å². The van der Waals surface area contributed by atoms with Crippen LogP contribution in [0.2, 0.25) is 0 Å². The summed E-state index contributed by atoms with van der Waals surface area (Å²) in [6.07, 6.45) is 0. The molecule has 6 heteroatoms. The molecule has 96 valence electrons. The number of hydrogen-bond acceptors (Lipinski definition) is 0. The van der Waals surface area contributed by atoms with Crippen molar-refractivity contribution in [2.45, 2.75) is 28.7 Å². The minimum atomic E-state index is -0.250. The third kappa shape index (κ3) is 16.6. The molecule has 0 aliphatic heterocycles. The Bertz CT molecular complexity index is 111. The van der Waals surface area contributed by atoms with Crippen LogP contribution in [0, 0.1) is 0 Å². The predicted octanol–water partition coefficient (Wildman–Crippen LogP) is 2.06. The zero-order valence-electron chi connectivity index (χ0n) is 9.67. The molecule has 0 unspecified atom stereocenters. The molecule has 0 saturated carbocycles. The molecule has 0 aliphatic carbocycles. The first-order chi connectivity index (χ1) is 6.24. The van der Waals surface area contributed by atoms with Crippen LogP contribution >= 0.6 is 63.7 Å². The average Bonchev–Trinajstić information content (AvgIpc) is 2.07. The van der Waals surface area contributed by atoms with E-state index in [1.807, 2.05) is 0 Å². The Balaban J connectivity index is -0.000000208. The molecule has 0 saturated heterocycles. The van der Waals surface area contributed by atoms with Gasteiger partial charge in [0.1, 0.15) is 0 Å². The standard InChI is InChI=1S/C8H20N.CBr4.HI/c1-5-9(6-2,7-3)8-4;2-1(3,4)5;/h5-8H2,1-4H3;;1H/q+1;;/p-1. The molecule has 0 amide bonds. The number of hydrogen-bond donors (Lipinski definition) is 0. The van der Waals surface area contributed by atoms with Gasteiger partial charge in [-0.05, 0) is 91.4 Å². The highest BCUT2D eigenvalue weighted by atomic mass is 127. The van der Waals surface area contributed by atoms with Crippen molar-refractivity contribution in [1.82, 2.24) is 0 Å². The van der Waals surface area contributed by atoms with E-state index in [0.29, 0.717) is 0 Å². The Morgan fingerprint density at radius 1 is 0.733 bits per heavy atom. The first kappa shape index (κ1) is 22.8. The first-order valence-corrected chi connectivity index (χ1v) is 8.02. The zero-order valence-corrected chi connectivity index (χ0v) is 18.2. The Kier molecular flexibility index (Phi) is 17.7. The molecule has 0 atom stereocenters. The van der Waals surface area contributed by atoms with Crippen LogP contribution in [0.15, 0.2) is 0 Å². The third-order valence-corrected chi connectivity index (χ3v) is 2.68. The Labute approximate surface area is 145 Å². The van der Waals surface area contributed by atoms with Gasteiger partial charge in [0.05, 0.1) is 26.2 Å². The highest BCUT2D eigenvalue weighted by Crippen LogP contribution is 2.39. The van der Waals surface area contributed by atoms with Crippen molar-refractivity contribution in [2.24, 2.45) is 0 Å². The van der Waals surface area contributed by atoms with Gasteiger partial charge >= 0.3 is 0 Å². The maximum absolute atomic E-state index is 3.12. The fraction of sp³-hybridized carbons (Fsp3) is 1.00. The summed E-state index contributed by atoms with van der Waals surface area (Å²) in [5, 5.41) is 0. The minimum absolute atomic E-state index is 0. The van der Waals surface area contributed by atoms with Crippen LogP contribution in [-0.2, 0) is 0 Å². The van der Waals surface area contributed by atoms with E-state index in [9.17, 15) is 0 Å². The summed E-state index contributed by atoms with van der Waals surface area (Å²) < 4.78 is 1.03. The van der Waals surface area contributed by atoms with Crippen molar-refractivity contribution in [1.29, 1.82) is 0 Å². The van der Waals surface area contributed by atoms with Gasteiger partial charge in [-0.1, -0.05) is 0 Å². The van der Waals surface area contributed by atoms with Crippen molar-refractivity contribution in [3.05, 3.63) is 0 Å². The second kappa shape index (κ2) is 11.7. The average molecular weight is 589 g/mol. The Morgan fingerprint density at radius 3 is 0.867 bits per heavy atom. The van der Waals surface area contributed by atoms with Crippen molar-refractivity contribution in [3.63, 3.8) is 0 Å². The summed E-state index contributed by atoms with van der Waals surface area (Å²) in [7, 11) is 0. The molecule has 0 heterocycles. The fourth-order valence-corrected chi connectivity index (χ4v) is 1.34. The Morgan fingerprint density at radius 2 is 0.867 bits per heavy atom. The lowest BCUT2D eigenvalue weighted by atomic mass is 10.3. The van der Waals surface area contributed by atoms with E-state index in [2.05, 4.69) is 91.4 Å². The van der Waals surface area contributed by atoms with Gasteiger partial charge < -0.3 is 28.5 Å². The molecule has 0 radical (unpaired) electrons. The highest BCUT2D eigenvalue weighted by molar-refractivity contribution is 9.52. The Hall–Kier alpha value is 2.61. The molecule has 0 aromatic rings. The van der Waals surface area contributed by atoms with Gasteiger partial charge in [-0.15, -0.1) is 0 Å². The molecule has 15 heavy (non-hydrogen) atoms. The maximum atomic E-state index is 3.12. The van der Waals surface area contributed by atoms with E-state index in [-0.39, 0.29) is 25.0 Å². The molecule has 0 bridgehead atoms. The molecular weight excluding hydrogens is 569 g/mol. The smallest absolute Gasteiger partial charge is 0.189 e. The van der Waals surface area contributed by atoms with Gasteiger partial charge in [-0.3, -0.25) is 0 Å². The SMILES string of the molecule is BrC(Br)(Br)Br.CC[N+](CC)(CC)CC.[I-]. The largest absolute Gasteiger partial charge is 1.00 e. The molecule has 0 fully saturated rings. The summed E-state index contributed by atoms with van der Waals surface area (Å²) in [6, 6.07) is 0. The molecular formula is C9H20Br4IN. The number of alkyl halides is 4. The predicted molar refractivity (Wildman–Crippen MR) is 80.9 cm³/mol. The van der Waals surface area contributed by atoms with Crippen LogP contribution in [0.5, 0.6) is 0 Å². The second-order valence-electron chi connectivity index (χ2n) is 3.04. The van der Waals surface area contributed by atoms with E-state index >= 15 is 0 Å². The molecule has 0 rings (SSSR count). The molecule has 0 aliphatic rings. The fourth-order valence-electron chi connectivity index (χ4n) is 1.34. The zero-order chi connectivity index (χ0) is 11.8. The van der Waals surface area contributed by atoms with E-state index < -0.39 is 0 Å². The van der Waals surface area contributed by atoms with Gasteiger partial charge in [-0.25, -0.2) is 0 Å². The van der Waals surface area contributed by atoms with Gasteiger partial charge in [0.15, 0.2) is 1.05 Å². The summed E-state index contributed by atoms with van der Waals surface area (Å²) >= 11 is 12.5. The van der Waals surface area contributed by atoms with Gasteiger partial charge in [0.2, 0.25) is 0 Å². The third-order valence-electron chi connectivity index (χ3n) is 2.68. The van der Waals surface area contributed by atoms with E-state index in [4.69, 9.17) is 0 Å². The van der Waals surface area contributed by atoms with Gasteiger partial charge in [-0.2, -0.15) is 0 Å². The monoisotopic (exact) mass is 585 g/mol. The van der Waals surface area contributed by atoms with Crippen LogP contribution in [0.3, 0.4) is 0 Å². The van der Waals surface area contributed by atoms with E-state index in [1.54, 1.807) is 0 Å². The van der Waals surface area contributed by atoms with Crippen molar-refractivity contribution >= 4 is 63.7 Å². The van der Waals surface area contributed by atoms with Crippen LogP contribution in [-0.4, -0.2) is 31.7 Å². The molecule has 1 nitrogen and oxygen atoms in total. The summed E-state index contributed by atoms with van der Waals surface area (Å²) in [5.41, 5.74) is 0. The summed E-state index contributed by atoms with van der Waals surface area (Å²) in [4.78, 5) is 0. The van der Waals surface area contributed by atoms with Crippen molar-refractivity contribution in [2.75, 3.05) is 26.2 Å². The lowest BCUT2D eigenvalue weighted by molar-refractivity contribution is -0.921. The molecule has 0 aromatic heterocycles. The topological polar surface area (TPSA) is 0 Å². The lowest BCUT2D eigenvalue weighted by Gasteiger charge is -2.34. The summed E-state index contributed by atoms with van der Waals surface area (Å²) in [5.74, 6) is 0. The maximum Gasteiger partial charge on any atom is 0.189 e. The van der Waals surface area contributed by atoms with Gasteiger partial charge in [0.25, 0.3) is 0 Å². The number of rotatable bonds is 4. The number of halogens is 5. The quantitative estimate of drug-likeness (QED) is 0.268. The second-order valence-corrected chi connectivity index (χ2v) is 14.2. The normalized spacial score (nSPS) is 11.2. The van der Waals surface area contributed by atoms with Crippen LogP contribution < -0.4 is 24.0 Å². The van der Waals surface area contributed by atoms with Crippen molar-refractivity contribution < 1.29 is 28.5 Å². The minimum Gasteiger partial charge on any atom is -1.00 e. The van der Waals surface area contributed by atoms with Gasteiger partial charge in [0, 0.05) is 0 Å². The molecule has 0 N–H and O–H groups in total. The number of quaternary nitrogens is 1. The molecule has 0 aromatic carbocycles. The van der Waals surface area contributed by atoms with Crippen molar-refractivity contribution in [3.8, 4) is 0 Å². The number of nitrogens with zero attached hydrogens (tertiary/aromatic N) is 1.